The van der Waals surface area contributed by atoms with Crippen LogP contribution in [0.15, 0.2) is 84.3 Å². The van der Waals surface area contributed by atoms with E-state index in [1.165, 1.54) is 58.4 Å². The molecule has 4 aromatic carbocycles. The van der Waals surface area contributed by atoms with Crippen molar-refractivity contribution in [3.05, 3.63) is 101 Å². The van der Waals surface area contributed by atoms with Crippen molar-refractivity contribution in [1.29, 1.82) is 0 Å². The second-order valence-electron chi connectivity index (χ2n) is 15.2. The molecule has 0 radical (unpaired) electrons. The Kier molecular flexibility index (Phi) is 11.8. The van der Waals surface area contributed by atoms with Crippen molar-refractivity contribution < 1.29 is 19.7 Å². The number of hydrogen-bond donors (Lipinski definition) is 2. The maximum absolute atomic E-state index is 11.5. The van der Waals surface area contributed by atoms with Crippen molar-refractivity contribution in [3.63, 3.8) is 0 Å². The summed E-state index contributed by atoms with van der Waals surface area (Å²) >= 11 is 0. The molecule has 7 heteroatoms. The molecule has 282 valence electrons. The molecular weight excluding hydrogens is 671 g/mol. The summed E-state index contributed by atoms with van der Waals surface area (Å²) in [5.74, 6) is 3.33. The Morgan fingerprint density at radius 3 is 2.07 bits per heavy atom. The smallest absolute Gasteiger partial charge is 0.167 e. The topological polar surface area (TPSA) is 97.6 Å². The molecule has 0 saturated heterocycles. The average molecular weight is 726 g/mol. The van der Waals surface area contributed by atoms with Gasteiger partial charge in [-0.25, -0.2) is 15.0 Å². The number of aryl methyl sites for hydroxylation is 2. The summed E-state index contributed by atoms with van der Waals surface area (Å²) in [6.07, 6.45) is 15.1. The summed E-state index contributed by atoms with van der Waals surface area (Å²) in [6, 6.07) is 20.6. The highest BCUT2D eigenvalue weighted by molar-refractivity contribution is 6.13. The van der Waals surface area contributed by atoms with E-state index in [-0.39, 0.29) is 11.5 Å². The van der Waals surface area contributed by atoms with E-state index in [4.69, 9.17) is 24.4 Å². The lowest BCUT2D eigenvalue weighted by Gasteiger charge is -2.23. The molecule has 1 heterocycles. The van der Waals surface area contributed by atoms with Crippen LogP contribution in [0.25, 0.3) is 44.3 Å². The second kappa shape index (κ2) is 17.0. The van der Waals surface area contributed by atoms with E-state index in [0.29, 0.717) is 66.0 Å². The molecular formula is C47H55N3O4. The molecule has 0 saturated carbocycles. The maximum atomic E-state index is 11.5. The number of phenolic OH excluding ortho intramolecular Hbond substituents is 1. The number of aromatic hydroxyl groups is 1. The molecule has 0 aliphatic heterocycles. The van der Waals surface area contributed by atoms with Crippen LogP contribution in [0, 0.1) is 11.8 Å². The van der Waals surface area contributed by atoms with Crippen molar-refractivity contribution in [1.82, 2.24) is 15.0 Å². The van der Waals surface area contributed by atoms with Gasteiger partial charge < -0.3 is 19.7 Å². The first kappa shape index (κ1) is 37.4. The molecule has 54 heavy (non-hydrogen) atoms. The van der Waals surface area contributed by atoms with Gasteiger partial charge in [0.1, 0.15) is 28.8 Å². The highest BCUT2D eigenvalue weighted by atomic mass is 16.5. The first-order chi connectivity index (χ1) is 26.4. The fraction of sp³-hybridized carbons (Fsp3) is 0.426. The Bertz CT molecular complexity index is 2170. The first-order valence-electron chi connectivity index (χ1n) is 20.3. The number of aromatic nitrogens is 3. The van der Waals surface area contributed by atoms with Crippen molar-refractivity contribution in [2.45, 2.75) is 104 Å². The van der Waals surface area contributed by atoms with Crippen LogP contribution >= 0.6 is 0 Å². The van der Waals surface area contributed by atoms with Crippen LogP contribution in [-0.4, -0.2) is 38.4 Å². The van der Waals surface area contributed by atoms with E-state index in [1.807, 2.05) is 18.2 Å². The number of rotatable bonds is 17. The molecule has 0 fully saturated rings. The lowest BCUT2D eigenvalue weighted by atomic mass is 9.84. The van der Waals surface area contributed by atoms with Crippen molar-refractivity contribution in [2.24, 2.45) is 11.8 Å². The molecule has 3 unspecified atom stereocenters. The highest BCUT2D eigenvalue weighted by Crippen LogP contribution is 2.41. The molecule has 0 bridgehead atoms. The van der Waals surface area contributed by atoms with Gasteiger partial charge in [0.15, 0.2) is 11.6 Å². The number of hydrogen-bond acceptors (Lipinski definition) is 7. The predicted octanol–water partition coefficient (Wildman–Crippen LogP) is 12.0. The minimum Gasteiger partial charge on any atom is -0.511 e. The van der Waals surface area contributed by atoms with Gasteiger partial charge in [0, 0.05) is 17.7 Å². The van der Waals surface area contributed by atoms with E-state index >= 15 is 0 Å². The molecule has 2 N–H and O–H groups in total. The summed E-state index contributed by atoms with van der Waals surface area (Å²) in [5, 5.41) is 27.9. The van der Waals surface area contributed by atoms with E-state index in [1.54, 1.807) is 12.1 Å². The van der Waals surface area contributed by atoms with Gasteiger partial charge in [-0.05, 0) is 94.8 Å². The summed E-state index contributed by atoms with van der Waals surface area (Å²) in [5.41, 5.74) is 4.02. The van der Waals surface area contributed by atoms with Gasteiger partial charge in [0.05, 0.1) is 24.7 Å². The lowest BCUT2D eigenvalue weighted by Crippen LogP contribution is -2.15. The van der Waals surface area contributed by atoms with Gasteiger partial charge in [-0.3, -0.25) is 0 Å². The molecule has 0 amide bonds. The van der Waals surface area contributed by atoms with Crippen LogP contribution in [0.5, 0.6) is 11.5 Å². The van der Waals surface area contributed by atoms with Gasteiger partial charge in [-0.15, -0.1) is 0 Å². The second-order valence-corrected chi connectivity index (χ2v) is 15.2. The van der Waals surface area contributed by atoms with Gasteiger partial charge in [-0.1, -0.05) is 109 Å². The Balaban J connectivity index is 1.26. The van der Waals surface area contributed by atoms with Gasteiger partial charge >= 0.3 is 0 Å². The van der Waals surface area contributed by atoms with Gasteiger partial charge in [0.2, 0.25) is 0 Å². The van der Waals surface area contributed by atoms with Crippen LogP contribution in [0.1, 0.15) is 108 Å². The summed E-state index contributed by atoms with van der Waals surface area (Å²) in [6.45, 7) is 10.1. The maximum Gasteiger partial charge on any atom is 0.167 e. The third-order valence-electron chi connectivity index (χ3n) is 11.5. The molecule has 0 spiro atoms. The van der Waals surface area contributed by atoms with E-state index < -0.39 is 5.92 Å². The van der Waals surface area contributed by atoms with Crippen molar-refractivity contribution in [2.75, 3.05) is 13.2 Å². The molecule has 7 nitrogen and oxygen atoms in total. The highest BCUT2D eigenvalue weighted by Gasteiger charge is 2.27. The zero-order valence-electron chi connectivity index (χ0n) is 32.4. The van der Waals surface area contributed by atoms with Crippen molar-refractivity contribution in [3.8, 4) is 34.3 Å². The largest absolute Gasteiger partial charge is 0.511 e. The van der Waals surface area contributed by atoms with E-state index in [2.05, 4.69) is 70.2 Å². The van der Waals surface area contributed by atoms with Gasteiger partial charge in [0.25, 0.3) is 0 Å². The Morgan fingerprint density at radius 2 is 1.39 bits per heavy atom. The molecule has 3 atom stereocenters. The monoisotopic (exact) mass is 725 g/mol. The standard InChI is InChI=1S/C47H55N3O4/c1-5-9-12-30(7-3)28-53-35-20-24-39(41(51)26-35)46-48-45(38-23-19-34-17-16-32-14-11-15-33-18-22-37(38)44(34)43(32)33)49-47(50-46)40-25-21-36(27-42(40)52)54-29-31(8-4)13-10-6-2/h11,14-17,19-21,23-24,26-27,30-31,40,51-52H,5-10,12-13,18,22,25,28-29H2,1-4H3. The minimum atomic E-state index is -0.483. The summed E-state index contributed by atoms with van der Waals surface area (Å²) in [4.78, 5) is 15.1. The third-order valence-corrected chi connectivity index (χ3v) is 11.5. The van der Waals surface area contributed by atoms with Crippen LogP contribution in [0.2, 0.25) is 0 Å². The average Bonchev–Trinajstić information content (AvgIpc) is 3.20. The summed E-state index contributed by atoms with van der Waals surface area (Å²) in [7, 11) is 0. The quantitative estimate of drug-likeness (QED) is 0.0921. The number of nitrogens with zero attached hydrogens (tertiary/aromatic N) is 3. The third kappa shape index (κ3) is 7.96. The molecule has 5 aromatic rings. The normalized spacial score (nSPS) is 16.3. The molecule has 7 rings (SSSR count). The Morgan fingerprint density at radius 1 is 0.722 bits per heavy atom. The van der Waals surface area contributed by atoms with Gasteiger partial charge in [-0.2, -0.15) is 0 Å². The lowest BCUT2D eigenvalue weighted by molar-refractivity contribution is 0.160. The van der Waals surface area contributed by atoms with Crippen molar-refractivity contribution >= 4 is 21.5 Å². The zero-order chi connectivity index (χ0) is 37.6. The van der Waals surface area contributed by atoms with E-state index in [9.17, 15) is 10.2 Å². The number of aliphatic hydroxyl groups excluding tert-OH is 1. The van der Waals surface area contributed by atoms with Crippen LogP contribution in [0.4, 0.5) is 0 Å². The van der Waals surface area contributed by atoms with E-state index in [0.717, 1.165) is 44.1 Å². The first-order valence-corrected chi connectivity index (χ1v) is 20.3. The fourth-order valence-corrected chi connectivity index (χ4v) is 8.08. The number of allylic oxidation sites excluding steroid dienone is 3. The van der Waals surface area contributed by atoms with Crippen LogP contribution < -0.4 is 4.74 Å². The van der Waals surface area contributed by atoms with Crippen LogP contribution in [-0.2, 0) is 17.6 Å². The van der Waals surface area contributed by atoms with Crippen LogP contribution in [0.3, 0.4) is 0 Å². The molecule has 2 aliphatic rings. The predicted molar refractivity (Wildman–Crippen MR) is 219 cm³/mol. The number of unbranched alkanes of at least 4 members (excludes halogenated alkanes) is 2. The summed E-state index contributed by atoms with van der Waals surface area (Å²) < 4.78 is 12.4. The number of benzene rings is 4. The molecule has 1 aromatic heterocycles. The zero-order valence-corrected chi connectivity index (χ0v) is 32.4. The SMILES string of the molecule is CCCCC(CC)COC1=CCC(c2nc(-c3ccc(OCC(CC)CCCC)cc3O)nc(-c3ccc4ccc5cccc6c5c4c3CC6)n2)C(O)=C1. The minimum absolute atomic E-state index is 0.0419. The Hall–Kier alpha value is -4.91. The number of ether oxygens (including phenoxy) is 2. The Labute approximate surface area is 320 Å². The molecule has 2 aliphatic carbocycles. The fourth-order valence-electron chi connectivity index (χ4n) is 8.08. The number of aliphatic hydroxyl groups is 1. The number of phenols is 1.